The highest BCUT2D eigenvalue weighted by molar-refractivity contribution is 5.83. The summed E-state index contributed by atoms with van der Waals surface area (Å²) >= 11 is 0. The maximum absolute atomic E-state index is 8.85. The molecule has 0 aliphatic carbocycles. The van der Waals surface area contributed by atoms with Crippen LogP contribution < -0.4 is 5.32 Å². The lowest BCUT2D eigenvalue weighted by Crippen LogP contribution is -2.05. The molecule has 3 rings (SSSR count). The smallest absolute Gasteiger partial charge is 0.0991 e. The molecule has 0 aliphatic heterocycles. The normalized spacial score (nSPS) is 10.7. The maximum atomic E-state index is 8.85. The SMILES string of the molecule is CNCc1cccc2c1ccn2Cc1ccc(C#N)cc1. The Morgan fingerprint density at radius 2 is 1.90 bits per heavy atom. The Labute approximate surface area is 124 Å². The lowest BCUT2D eigenvalue weighted by Gasteiger charge is -2.07. The largest absolute Gasteiger partial charge is 0.343 e. The average molecular weight is 275 g/mol. The molecule has 1 N–H and O–H groups in total. The number of benzene rings is 2. The Bertz CT molecular complexity index is 791. The van der Waals surface area contributed by atoms with E-state index in [9.17, 15) is 0 Å². The van der Waals surface area contributed by atoms with Crippen LogP contribution in [-0.4, -0.2) is 11.6 Å². The summed E-state index contributed by atoms with van der Waals surface area (Å²) in [5.74, 6) is 0. The standard InChI is InChI=1S/C18H17N3/c1-20-12-16-3-2-4-18-17(16)9-10-21(18)13-15-7-5-14(11-19)6-8-15/h2-10,20H,12-13H2,1H3. The molecular formula is C18H17N3. The fourth-order valence-corrected chi connectivity index (χ4v) is 2.65. The van der Waals surface area contributed by atoms with E-state index in [1.165, 1.54) is 22.0 Å². The van der Waals surface area contributed by atoms with Gasteiger partial charge in [0.2, 0.25) is 0 Å². The van der Waals surface area contributed by atoms with Gasteiger partial charge in [0.05, 0.1) is 11.6 Å². The van der Waals surface area contributed by atoms with E-state index in [0.717, 1.165) is 13.1 Å². The highest BCUT2D eigenvalue weighted by Crippen LogP contribution is 2.21. The predicted octanol–water partition coefficient (Wildman–Crippen LogP) is 3.28. The van der Waals surface area contributed by atoms with Gasteiger partial charge in [0, 0.05) is 30.2 Å². The molecule has 0 unspecified atom stereocenters. The zero-order valence-electron chi connectivity index (χ0n) is 12.0. The third kappa shape index (κ3) is 2.67. The molecule has 3 aromatic rings. The average Bonchev–Trinajstić information content (AvgIpc) is 2.93. The summed E-state index contributed by atoms with van der Waals surface area (Å²) < 4.78 is 2.25. The van der Waals surface area contributed by atoms with E-state index in [1.807, 2.05) is 31.3 Å². The zero-order chi connectivity index (χ0) is 14.7. The summed E-state index contributed by atoms with van der Waals surface area (Å²) in [5.41, 5.74) is 4.46. The Kier molecular flexibility index (Phi) is 3.72. The van der Waals surface area contributed by atoms with E-state index in [1.54, 1.807) is 0 Å². The molecule has 3 nitrogen and oxygen atoms in total. The second-order valence-electron chi connectivity index (χ2n) is 5.13. The van der Waals surface area contributed by atoms with E-state index < -0.39 is 0 Å². The van der Waals surface area contributed by atoms with Crippen molar-refractivity contribution in [1.82, 2.24) is 9.88 Å². The van der Waals surface area contributed by atoms with Crippen molar-refractivity contribution in [3.63, 3.8) is 0 Å². The van der Waals surface area contributed by atoms with Crippen LogP contribution in [0.3, 0.4) is 0 Å². The van der Waals surface area contributed by atoms with Crippen molar-refractivity contribution in [1.29, 1.82) is 5.26 Å². The lowest BCUT2D eigenvalue weighted by atomic mass is 10.1. The van der Waals surface area contributed by atoms with Crippen molar-refractivity contribution >= 4 is 10.9 Å². The topological polar surface area (TPSA) is 40.8 Å². The number of hydrogen-bond acceptors (Lipinski definition) is 2. The first-order valence-corrected chi connectivity index (χ1v) is 7.02. The minimum Gasteiger partial charge on any atom is -0.343 e. The molecule has 2 aromatic carbocycles. The Balaban J connectivity index is 1.94. The second-order valence-corrected chi connectivity index (χ2v) is 5.13. The molecule has 21 heavy (non-hydrogen) atoms. The van der Waals surface area contributed by atoms with Gasteiger partial charge in [-0.25, -0.2) is 0 Å². The fourth-order valence-electron chi connectivity index (χ4n) is 2.65. The zero-order valence-corrected chi connectivity index (χ0v) is 12.0. The van der Waals surface area contributed by atoms with Crippen molar-refractivity contribution in [3.05, 3.63) is 71.4 Å². The maximum Gasteiger partial charge on any atom is 0.0991 e. The van der Waals surface area contributed by atoms with Gasteiger partial charge < -0.3 is 9.88 Å². The number of nitrogens with zero attached hydrogens (tertiary/aromatic N) is 2. The summed E-state index contributed by atoms with van der Waals surface area (Å²) in [6.07, 6.45) is 2.13. The van der Waals surface area contributed by atoms with Crippen molar-refractivity contribution in [3.8, 4) is 6.07 Å². The Morgan fingerprint density at radius 3 is 2.62 bits per heavy atom. The highest BCUT2D eigenvalue weighted by Gasteiger charge is 2.05. The molecule has 0 atom stereocenters. The van der Waals surface area contributed by atoms with Crippen LogP contribution in [0.25, 0.3) is 10.9 Å². The Morgan fingerprint density at radius 1 is 1.10 bits per heavy atom. The molecule has 104 valence electrons. The van der Waals surface area contributed by atoms with E-state index in [4.69, 9.17) is 5.26 Å². The van der Waals surface area contributed by atoms with Gasteiger partial charge >= 0.3 is 0 Å². The number of hydrogen-bond donors (Lipinski definition) is 1. The van der Waals surface area contributed by atoms with Crippen molar-refractivity contribution < 1.29 is 0 Å². The summed E-state index contributed by atoms with van der Waals surface area (Å²) in [7, 11) is 1.96. The van der Waals surface area contributed by atoms with Crippen LogP contribution in [0.4, 0.5) is 0 Å². The Hall–Kier alpha value is -2.57. The van der Waals surface area contributed by atoms with Gasteiger partial charge in [0.1, 0.15) is 0 Å². The molecule has 0 amide bonds. The van der Waals surface area contributed by atoms with Crippen molar-refractivity contribution in [2.45, 2.75) is 13.1 Å². The summed E-state index contributed by atoms with van der Waals surface area (Å²) in [6, 6.07) is 18.5. The first-order chi connectivity index (χ1) is 10.3. The van der Waals surface area contributed by atoms with E-state index in [-0.39, 0.29) is 0 Å². The summed E-state index contributed by atoms with van der Waals surface area (Å²) in [4.78, 5) is 0. The van der Waals surface area contributed by atoms with Crippen molar-refractivity contribution in [2.24, 2.45) is 0 Å². The van der Waals surface area contributed by atoms with Gasteiger partial charge in [-0.15, -0.1) is 0 Å². The van der Waals surface area contributed by atoms with Crippen LogP contribution in [0.5, 0.6) is 0 Å². The molecule has 1 heterocycles. The van der Waals surface area contributed by atoms with Crippen molar-refractivity contribution in [2.75, 3.05) is 7.05 Å². The van der Waals surface area contributed by atoms with Gasteiger partial charge in [-0.2, -0.15) is 5.26 Å². The molecule has 0 bridgehead atoms. The van der Waals surface area contributed by atoms with Crippen LogP contribution in [0.2, 0.25) is 0 Å². The number of fused-ring (bicyclic) bond motifs is 1. The van der Waals surface area contributed by atoms with Gasteiger partial charge in [-0.1, -0.05) is 24.3 Å². The number of aromatic nitrogens is 1. The molecule has 3 heteroatoms. The molecule has 0 saturated carbocycles. The van der Waals surface area contributed by atoms with Crippen LogP contribution in [0.1, 0.15) is 16.7 Å². The predicted molar refractivity (Wildman–Crippen MR) is 85.0 cm³/mol. The first kappa shape index (κ1) is 13.4. The second kappa shape index (κ2) is 5.82. The minimum absolute atomic E-state index is 0.701. The number of rotatable bonds is 4. The molecule has 0 fully saturated rings. The van der Waals surface area contributed by atoms with Crippen LogP contribution in [0.15, 0.2) is 54.7 Å². The molecule has 0 spiro atoms. The third-order valence-corrected chi connectivity index (χ3v) is 3.71. The summed E-state index contributed by atoms with van der Waals surface area (Å²) in [5, 5.41) is 13.3. The molecular weight excluding hydrogens is 258 g/mol. The molecule has 0 aliphatic rings. The number of nitriles is 1. The quantitative estimate of drug-likeness (QED) is 0.794. The van der Waals surface area contributed by atoms with E-state index in [0.29, 0.717) is 5.56 Å². The summed E-state index contributed by atoms with van der Waals surface area (Å²) in [6.45, 7) is 1.69. The van der Waals surface area contributed by atoms with E-state index in [2.05, 4.69) is 46.4 Å². The molecule has 0 saturated heterocycles. The molecule has 1 aromatic heterocycles. The highest BCUT2D eigenvalue weighted by atomic mass is 15.0. The first-order valence-electron chi connectivity index (χ1n) is 7.02. The van der Waals surface area contributed by atoms with Crippen LogP contribution in [-0.2, 0) is 13.1 Å². The monoisotopic (exact) mass is 275 g/mol. The van der Waals surface area contributed by atoms with Gasteiger partial charge in [-0.05, 0) is 42.4 Å². The van der Waals surface area contributed by atoms with Crippen LogP contribution >= 0.6 is 0 Å². The lowest BCUT2D eigenvalue weighted by molar-refractivity contribution is 0.821. The fraction of sp³-hybridized carbons (Fsp3) is 0.167. The van der Waals surface area contributed by atoms with Crippen LogP contribution in [0, 0.1) is 11.3 Å². The third-order valence-electron chi connectivity index (χ3n) is 3.71. The van der Waals surface area contributed by atoms with Gasteiger partial charge in [-0.3, -0.25) is 0 Å². The number of nitrogens with one attached hydrogen (secondary N) is 1. The van der Waals surface area contributed by atoms with Gasteiger partial charge in [0.25, 0.3) is 0 Å². The minimum atomic E-state index is 0.701. The van der Waals surface area contributed by atoms with Gasteiger partial charge in [0.15, 0.2) is 0 Å². The van der Waals surface area contributed by atoms with E-state index >= 15 is 0 Å². The molecule has 0 radical (unpaired) electrons.